The molecule has 10 heavy (non-hydrogen) atoms. The van der Waals surface area contributed by atoms with Gasteiger partial charge in [-0.05, 0) is 25.5 Å². The van der Waals surface area contributed by atoms with Gasteiger partial charge in [0, 0.05) is 14.9 Å². The molecule has 0 radical (unpaired) electrons. The smallest absolute Gasteiger partial charge is 0.0643 e. The van der Waals surface area contributed by atoms with E-state index in [4.69, 9.17) is 11.2 Å². The highest BCUT2D eigenvalue weighted by atomic mass is 14.7. The fourth-order valence-corrected chi connectivity index (χ4v) is 0.591. The van der Waals surface area contributed by atoms with E-state index in [0.29, 0.717) is 11.3 Å². The van der Waals surface area contributed by atoms with Crippen molar-refractivity contribution in [2.45, 2.75) is 20.3 Å². The summed E-state index contributed by atoms with van der Waals surface area (Å²) in [6, 6.07) is -0.248. The zero-order valence-corrected chi connectivity index (χ0v) is 6.02. The summed E-state index contributed by atoms with van der Waals surface area (Å²) < 4.78 is 29.6. The van der Waals surface area contributed by atoms with Gasteiger partial charge in [-0.1, -0.05) is 6.04 Å². The maximum absolute atomic E-state index is 7.56. The molecule has 0 bridgehead atoms. The summed E-state index contributed by atoms with van der Waals surface area (Å²) in [5, 5.41) is 0. The fourth-order valence-electron chi connectivity index (χ4n) is 0.591. The van der Waals surface area contributed by atoms with Crippen LogP contribution in [0.4, 0.5) is 0 Å². The highest BCUT2D eigenvalue weighted by molar-refractivity contribution is 5.19. The lowest BCUT2D eigenvalue weighted by Crippen LogP contribution is -2.00. The predicted molar refractivity (Wildman–Crippen MR) is 41.6 cm³/mol. The van der Waals surface area contributed by atoms with Crippen LogP contribution in [0.1, 0.15) is 22.4 Å². The van der Waals surface area contributed by atoms with E-state index in [-0.39, 0.29) is 17.8 Å². The molecule has 0 aromatic carbocycles. The molecule has 0 saturated heterocycles. The third-order valence-electron chi connectivity index (χ3n) is 1.33. The molecule has 0 aliphatic carbocycles. The van der Waals surface area contributed by atoms with Crippen molar-refractivity contribution in [2.75, 3.05) is 0 Å². The van der Waals surface area contributed by atoms with Crippen LogP contribution in [0.5, 0.6) is 0 Å². The van der Waals surface area contributed by atoms with Gasteiger partial charge in [0.2, 0.25) is 0 Å². The first-order chi connectivity index (χ1) is 6.25. The summed E-state index contributed by atoms with van der Waals surface area (Å²) in [5.74, 6) is 0. The Morgan fingerprint density at radius 1 is 1.70 bits per heavy atom. The van der Waals surface area contributed by atoms with E-state index in [2.05, 4.69) is 4.98 Å². The van der Waals surface area contributed by atoms with Crippen LogP contribution in [0.2, 0.25) is 0 Å². The minimum atomic E-state index is -2.16. The Morgan fingerprint density at radius 2 is 2.40 bits per heavy atom. The lowest BCUT2D eigenvalue weighted by molar-refractivity contribution is 0.960. The van der Waals surface area contributed by atoms with Gasteiger partial charge in [0.15, 0.2) is 0 Å². The van der Waals surface area contributed by atoms with Crippen LogP contribution in [-0.2, 0) is 6.50 Å². The van der Waals surface area contributed by atoms with Crippen LogP contribution in [0.3, 0.4) is 0 Å². The average molecular weight is 140 g/mol. The molecule has 2 nitrogen and oxygen atoms in total. The van der Waals surface area contributed by atoms with Gasteiger partial charge in [-0.25, -0.2) is 0 Å². The second-order valence-electron chi connectivity index (χ2n) is 2.07. The van der Waals surface area contributed by atoms with Crippen molar-refractivity contribution in [2.24, 2.45) is 5.73 Å². The van der Waals surface area contributed by atoms with E-state index in [0.717, 1.165) is 0 Å². The molecule has 1 aromatic rings. The van der Waals surface area contributed by atoms with E-state index >= 15 is 0 Å². The molecule has 2 heteroatoms. The second kappa shape index (κ2) is 2.80. The zero-order chi connectivity index (χ0) is 11.1. The van der Waals surface area contributed by atoms with Crippen LogP contribution in [-0.4, -0.2) is 4.98 Å². The molecule has 0 atom stereocenters. The predicted octanol–water partition coefficient (Wildman–Crippen LogP) is 1.16. The Labute approximate surface area is 66.7 Å². The van der Waals surface area contributed by atoms with Crippen molar-refractivity contribution in [3.05, 3.63) is 29.0 Å². The van der Waals surface area contributed by atoms with Crippen molar-refractivity contribution in [3.63, 3.8) is 0 Å². The molecule has 1 heterocycles. The number of aromatic nitrogens is 1. The molecule has 0 unspecified atom stereocenters. The van der Waals surface area contributed by atoms with E-state index in [1.165, 1.54) is 0 Å². The maximum Gasteiger partial charge on any atom is 0.0643 e. The molecule has 0 aliphatic heterocycles. The summed E-state index contributed by atoms with van der Waals surface area (Å²) in [5.41, 5.74) is 6.16. The molecule has 54 valence electrons. The molecular formula is C8H12N2. The summed E-state index contributed by atoms with van der Waals surface area (Å²) in [6.45, 7) is 1.19. The van der Waals surface area contributed by atoms with Gasteiger partial charge in [0.05, 0.1) is 8.44 Å². The number of pyridine rings is 1. The molecule has 0 fully saturated rings. The van der Waals surface area contributed by atoms with Gasteiger partial charge in [0.1, 0.15) is 0 Å². The van der Waals surface area contributed by atoms with Gasteiger partial charge < -0.3 is 5.73 Å². The largest absolute Gasteiger partial charge is 0.325 e. The molecule has 1 aromatic heterocycles. The topological polar surface area (TPSA) is 38.9 Å². The minimum absolute atomic E-state index is 0.0122. The number of hydrogen-bond acceptors (Lipinski definition) is 2. The Morgan fingerprint density at radius 3 is 3.00 bits per heavy atom. The molecule has 0 saturated carbocycles. The molecule has 0 spiro atoms. The molecule has 1 rings (SSSR count). The first-order valence-corrected chi connectivity index (χ1v) is 2.99. The first kappa shape index (κ1) is 3.49. The van der Waals surface area contributed by atoms with E-state index < -0.39 is 6.50 Å². The Kier molecular flexibility index (Phi) is 0.975. The van der Waals surface area contributed by atoms with Crippen molar-refractivity contribution in [1.82, 2.24) is 4.98 Å². The summed E-state index contributed by atoms with van der Waals surface area (Å²) in [7, 11) is 0. The van der Waals surface area contributed by atoms with Crippen LogP contribution in [0.25, 0.3) is 0 Å². The van der Waals surface area contributed by atoms with Crippen molar-refractivity contribution < 1.29 is 5.48 Å². The van der Waals surface area contributed by atoms with Gasteiger partial charge >= 0.3 is 0 Å². The van der Waals surface area contributed by atoms with Gasteiger partial charge in [-0.2, -0.15) is 0 Å². The Balaban J connectivity index is 3.49. The van der Waals surface area contributed by atoms with E-state index in [9.17, 15) is 0 Å². The molecular weight excluding hydrogens is 124 g/mol. The Hall–Kier alpha value is -0.890. The first-order valence-electron chi connectivity index (χ1n) is 4.99. The van der Waals surface area contributed by atoms with E-state index in [1.807, 2.05) is 0 Å². The van der Waals surface area contributed by atoms with Crippen molar-refractivity contribution in [1.29, 1.82) is 0 Å². The minimum Gasteiger partial charge on any atom is -0.325 e. The lowest BCUT2D eigenvalue weighted by Gasteiger charge is -2.00. The summed E-state index contributed by atoms with van der Waals surface area (Å²) in [6.07, 6.45) is 0. The normalized spacial score (nSPS) is 17.1. The van der Waals surface area contributed by atoms with Crippen LogP contribution in [0, 0.1) is 13.8 Å². The summed E-state index contributed by atoms with van der Waals surface area (Å²) >= 11 is 0. The highest BCUT2D eigenvalue weighted by Crippen LogP contribution is 2.03. The van der Waals surface area contributed by atoms with Gasteiger partial charge in [-0.15, -0.1) is 0 Å². The quantitative estimate of drug-likeness (QED) is 0.635. The van der Waals surface area contributed by atoms with Crippen LogP contribution >= 0.6 is 0 Å². The zero-order valence-electron chi connectivity index (χ0n) is 10.0. The van der Waals surface area contributed by atoms with Crippen LogP contribution < -0.4 is 5.73 Å². The highest BCUT2D eigenvalue weighted by Gasteiger charge is 1.93. The monoisotopic (exact) mass is 140 g/mol. The molecule has 0 aliphatic rings. The summed E-state index contributed by atoms with van der Waals surface area (Å²) in [4.78, 5) is 3.90. The molecule has 2 N–H and O–H groups in total. The number of hydrogen-bond donors (Lipinski definition) is 1. The Bertz CT molecular complexity index is 371. The van der Waals surface area contributed by atoms with Crippen molar-refractivity contribution >= 4 is 0 Å². The average Bonchev–Trinajstić information content (AvgIpc) is 2.06. The van der Waals surface area contributed by atoms with Crippen molar-refractivity contribution in [3.8, 4) is 0 Å². The lowest BCUT2D eigenvalue weighted by atomic mass is 10.2. The second-order valence-corrected chi connectivity index (χ2v) is 2.07. The SMILES string of the molecule is [2H]c1c(C([2H])([2H])N)nc(C)c(C)c1[2H]. The third-order valence-corrected chi connectivity index (χ3v) is 1.33. The number of nitrogens with zero attached hydrogens (tertiary/aromatic N) is 1. The standard InChI is InChI=1S/C8H12N2/c1-6-3-4-8(5-9)10-7(6)2/h3-4H,5,9H2,1-2H3/i3D,4D,5D2. The number of nitrogens with two attached hydrogens (primary N) is 1. The van der Waals surface area contributed by atoms with Crippen LogP contribution in [0.15, 0.2) is 12.1 Å². The van der Waals surface area contributed by atoms with E-state index in [1.54, 1.807) is 13.8 Å². The maximum atomic E-state index is 7.56. The number of aryl methyl sites for hydroxylation is 1. The number of rotatable bonds is 1. The van der Waals surface area contributed by atoms with Gasteiger partial charge in [0.25, 0.3) is 0 Å². The molecule has 0 amide bonds. The third kappa shape index (κ3) is 1.33. The van der Waals surface area contributed by atoms with Gasteiger partial charge in [-0.3, -0.25) is 4.98 Å². The fraction of sp³-hybridized carbons (Fsp3) is 0.375.